The van der Waals surface area contributed by atoms with Crippen molar-refractivity contribution >= 4 is 17.3 Å². The monoisotopic (exact) mass is 255 g/mol. The van der Waals surface area contributed by atoms with Crippen LogP contribution in [0, 0.1) is 11.3 Å². The zero-order valence-electron chi connectivity index (χ0n) is 10.0. The van der Waals surface area contributed by atoms with E-state index in [2.05, 4.69) is 4.98 Å². The Morgan fingerprint density at radius 1 is 1.59 bits per heavy atom. The highest BCUT2D eigenvalue weighted by Gasteiger charge is 2.48. The lowest BCUT2D eigenvalue weighted by molar-refractivity contribution is -0.154. The van der Waals surface area contributed by atoms with Crippen LogP contribution in [-0.2, 0) is 10.4 Å². The van der Waals surface area contributed by atoms with Crippen LogP contribution in [0.2, 0.25) is 0 Å². The number of aliphatic hydroxyl groups is 1. The van der Waals surface area contributed by atoms with Crippen LogP contribution in [0.5, 0.6) is 0 Å². The number of hydrogen-bond acceptors (Lipinski definition) is 4. The van der Waals surface area contributed by atoms with Crippen LogP contribution >= 0.6 is 11.3 Å². The van der Waals surface area contributed by atoms with Gasteiger partial charge in [0.1, 0.15) is 10.6 Å². The summed E-state index contributed by atoms with van der Waals surface area (Å²) in [6, 6.07) is 0. The maximum atomic E-state index is 11.2. The maximum absolute atomic E-state index is 11.2. The Balaban J connectivity index is 2.25. The van der Waals surface area contributed by atoms with E-state index < -0.39 is 17.0 Å². The van der Waals surface area contributed by atoms with Crippen molar-refractivity contribution < 1.29 is 15.0 Å². The highest BCUT2D eigenvalue weighted by Crippen LogP contribution is 2.49. The Morgan fingerprint density at radius 2 is 2.29 bits per heavy atom. The first-order valence-electron chi connectivity index (χ1n) is 5.70. The summed E-state index contributed by atoms with van der Waals surface area (Å²) in [4.78, 5) is 15.3. The van der Waals surface area contributed by atoms with E-state index in [0.29, 0.717) is 24.3 Å². The zero-order valence-corrected chi connectivity index (χ0v) is 10.8. The molecule has 0 aliphatic heterocycles. The molecule has 1 aromatic heterocycles. The van der Waals surface area contributed by atoms with Gasteiger partial charge in [-0.25, -0.2) is 4.98 Å². The molecule has 1 aromatic rings. The number of carboxylic acid groups (broad SMARTS) is 1. The summed E-state index contributed by atoms with van der Waals surface area (Å²) >= 11 is 1.43. The van der Waals surface area contributed by atoms with Crippen molar-refractivity contribution in [2.45, 2.75) is 38.7 Å². The maximum Gasteiger partial charge on any atom is 0.307 e. The Bertz CT molecular complexity index is 415. The Kier molecular flexibility index (Phi) is 2.99. The molecular formula is C12H17NO3S. The Hall–Kier alpha value is -0.940. The quantitative estimate of drug-likeness (QED) is 0.850. The Morgan fingerprint density at radius 3 is 2.76 bits per heavy atom. The summed E-state index contributed by atoms with van der Waals surface area (Å²) < 4.78 is 0. The van der Waals surface area contributed by atoms with Gasteiger partial charge in [0.2, 0.25) is 0 Å². The molecule has 94 valence electrons. The van der Waals surface area contributed by atoms with Gasteiger partial charge >= 0.3 is 5.97 Å². The van der Waals surface area contributed by atoms with Gasteiger partial charge in [-0.1, -0.05) is 13.8 Å². The molecule has 1 saturated carbocycles. The number of carbonyl (C=O) groups is 1. The molecule has 0 saturated heterocycles. The highest BCUT2D eigenvalue weighted by molar-refractivity contribution is 7.09. The number of rotatable bonds is 2. The summed E-state index contributed by atoms with van der Waals surface area (Å²) in [7, 11) is 0. The van der Waals surface area contributed by atoms with E-state index in [9.17, 15) is 15.0 Å². The fourth-order valence-electron chi connectivity index (χ4n) is 2.83. The van der Waals surface area contributed by atoms with Crippen molar-refractivity contribution in [3.63, 3.8) is 0 Å². The molecule has 2 rings (SSSR count). The molecule has 1 aliphatic carbocycles. The standard InChI is InChI=1S/C12H17NO3S/c1-11(2)7-12(16,10-13-5-6-17-10)4-3-8(11)9(14)15/h5-6,8,16H,3-4,7H2,1-2H3,(H,14,15). The molecule has 2 unspecified atom stereocenters. The van der Waals surface area contributed by atoms with Gasteiger partial charge in [-0.15, -0.1) is 11.3 Å². The fourth-order valence-corrected chi connectivity index (χ4v) is 3.60. The second-order valence-electron chi connectivity index (χ2n) is 5.46. The summed E-state index contributed by atoms with van der Waals surface area (Å²) in [6.07, 6.45) is 3.10. The van der Waals surface area contributed by atoms with Gasteiger partial charge in [-0.05, 0) is 24.7 Å². The van der Waals surface area contributed by atoms with E-state index in [0.717, 1.165) is 0 Å². The first kappa shape index (κ1) is 12.5. The lowest BCUT2D eigenvalue weighted by Gasteiger charge is -2.44. The Labute approximate surface area is 104 Å². The lowest BCUT2D eigenvalue weighted by atomic mass is 9.63. The number of hydrogen-bond donors (Lipinski definition) is 2. The van der Waals surface area contributed by atoms with Crippen LogP contribution in [0.1, 0.15) is 38.1 Å². The normalized spacial score (nSPS) is 32.3. The molecule has 1 aliphatic rings. The molecule has 0 amide bonds. The molecule has 5 heteroatoms. The second kappa shape index (κ2) is 4.07. The van der Waals surface area contributed by atoms with Gasteiger partial charge in [0.15, 0.2) is 0 Å². The number of nitrogens with zero attached hydrogens (tertiary/aromatic N) is 1. The summed E-state index contributed by atoms with van der Waals surface area (Å²) in [5.41, 5.74) is -1.37. The highest BCUT2D eigenvalue weighted by atomic mass is 32.1. The van der Waals surface area contributed by atoms with Crippen LogP contribution < -0.4 is 0 Å². The molecule has 0 bridgehead atoms. The molecule has 2 N–H and O–H groups in total. The van der Waals surface area contributed by atoms with Crippen LogP contribution in [0.4, 0.5) is 0 Å². The molecule has 1 fully saturated rings. The lowest BCUT2D eigenvalue weighted by Crippen LogP contribution is -2.44. The molecule has 4 nitrogen and oxygen atoms in total. The molecule has 2 atom stereocenters. The minimum Gasteiger partial charge on any atom is -0.481 e. The average molecular weight is 255 g/mol. The summed E-state index contributed by atoms with van der Waals surface area (Å²) in [5, 5.41) is 22.3. The van der Waals surface area contributed by atoms with Gasteiger partial charge < -0.3 is 10.2 Å². The molecular weight excluding hydrogens is 238 g/mol. The number of carboxylic acids is 1. The van der Waals surface area contributed by atoms with E-state index in [1.165, 1.54) is 11.3 Å². The van der Waals surface area contributed by atoms with Gasteiger partial charge in [-0.3, -0.25) is 4.79 Å². The van der Waals surface area contributed by atoms with Gasteiger partial charge in [0.05, 0.1) is 5.92 Å². The third-order valence-electron chi connectivity index (χ3n) is 3.67. The average Bonchev–Trinajstić information content (AvgIpc) is 2.67. The van der Waals surface area contributed by atoms with E-state index in [4.69, 9.17) is 0 Å². The minimum absolute atomic E-state index is 0.386. The number of aromatic nitrogens is 1. The zero-order chi connectivity index (χ0) is 12.7. The molecule has 0 radical (unpaired) electrons. The van der Waals surface area contributed by atoms with Crippen LogP contribution in [-0.4, -0.2) is 21.2 Å². The first-order valence-corrected chi connectivity index (χ1v) is 6.58. The SMILES string of the molecule is CC1(C)CC(O)(c2nccs2)CCC1C(=O)O. The third-order valence-corrected chi connectivity index (χ3v) is 4.63. The van der Waals surface area contributed by atoms with Crippen LogP contribution in [0.3, 0.4) is 0 Å². The molecule has 1 heterocycles. The number of thiazole rings is 1. The molecule has 0 spiro atoms. The van der Waals surface area contributed by atoms with Gasteiger partial charge in [0, 0.05) is 11.6 Å². The number of aliphatic carboxylic acids is 1. The van der Waals surface area contributed by atoms with Crippen LogP contribution in [0.25, 0.3) is 0 Å². The van der Waals surface area contributed by atoms with E-state index >= 15 is 0 Å². The third kappa shape index (κ3) is 2.21. The largest absolute Gasteiger partial charge is 0.481 e. The summed E-state index contributed by atoms with van der Waals surface area (Å²) in [5.74, 6) is -1.15. The minimum atomic E-state index is -0.955. The van der Waals surface area contributed by atoms with E-state index in [1.54, 1.807) is 6.20 Å². The van der Waals surface area contributed by atoms with Gasteiger partial charge in [0.25, 0.3) is 0 Å². The first-order chi connectivity index (χ1) is 7.85. The topological polar surface area (TPSA) is 70.4 Å². The molecule has 17 heavy (non-hydrogen) atoms. The van der Waals surface area contributed by atoms with Crippen molar-refractivity contribution in [2.24, 2.45) is 11.3 Å². The second-order valence-corrected chi connectivity index (χ2v) is 6.36. The smallest absolute Gasteiger partial charge is 0.307 e. The predicted molar refractivity (Wildman–Crippen MR) is 64.8 cm³/mol. The van der Waals surface area contributed by atoms with Crippen molar-refractivity contribution in [2.75, 3.05) is 0 Å². The van der Waals surface area contributed by atoms with Crippen molar-refractivity contribution in [3.8, 4) is 0 Å². The van der Waals surface area contributed by atoms with Crippen LogP contribution in [0.15, 0.2) is 11.6 Å². The van der Waals surface area contributed by atoms with Crippen molar-refractivity contribution in [1.29, 1.82) is 0 Å². The fraction of sp³-hybridized carbons (Fsp3) is 0.667. The molecule has 0 aromatic carbocycles. The summed E-state index contributed by atoms with van der Waals surface area (Å²) in [6.45, 7) is 3.81. The van der Waals surface area contributed by atoms with Crippen molar-refractivity contribution in [1.82, 2.24) is 4.98 Å². The van der Waals surface area contributed by atoms with Crippen molar-refractivity contribution in [3.05, 3.63) is 16.6 Å². The van der Waals surface area contributed by atoms with E-state index in [-0.39, 0.29) is 5.92 Å². The predicted octanol–water partition coefficient (Wildman–Crippen LogP) is 2.24. The van der Waals surface area contributed by atoms with E-state index in [1.807, 2.05) is 19.2 Å². The van der Waals surface area contributed by atoms with Gasteiger partial charge in [-0.2, -0.15) is 0 Å².